The molecule has 1 amide bonds. The lowest BCUT2D eigenvalue weighted by molar-refractivity contribution is -0.142. The van der Waals surface area contributed by atoms with E-state index in [1.54, 1.807) is 4.90 Å². The molecule has 1 N–H and O–H groups in total. The van der Waals surface area contributed by atoms with Crippen molar-refractivity contribution in [3.05, 3.63) is 65.2 Å². The van der Waals surface area contributed by atoms with E-state index in [1.807, 2.05) is 62.4 Å². The van der Waals surface area contributed by atoms with E-state index in [0.717, 1.165) is 11.1 Å². The molecule has 1 aliphatic rings. The van der Waals surface area contributed by atoms with E-state index < -0.39 is 11.9 Å². The van der Waals surface area contributed by atoms with Crippen molar-refractivity contribution < 1.29 is 19.4 Å². The second kappa shape index (κ2) is 7.60. The molecule has 2 atom stereocenters. The van der Waals surface area contributed by atoms with Crippen LogP contribution in [0.2, 0.25) is 0 Å². The Morgan fingerprint density at radius 3 is 2.46 bits per heavy atom. The molecule has 0 aromatic heterocycles. The molecule has 136 valence electrons. The number of likely N-dealkylation sites (tertiary alicyclic amines) is 1. The number of benzene rings is 2. The maximum atomic E-state index is 12.5. The van der Waals surface area contributed by atoms with Crippen molar-refractivity contribution in [2.24, 2.45) is 5.92 Å². The number of hydrogen-bond acceptors (Lipinski definition) is 3. The summed E-state index contributed by atoms with van der Waals surface area (Å²) in [6, 6.07) is 15.2. The minimum absolute atomic E-state index is 0.0870. The van der Waals surface area contributed by atoms with E-state index in [0.29, 0.717) is 12.3 Å². The van der Waals surface area contributed by atoms with Crippen LogP contribution in [0.3, 0.4) is 0 Å². The molecule has 26 heavy (non-hydrogen) atoms. The lowest BCUT2D eigenvalue weighted by Crippen LogP contribution is -2.33. The Kier molecular flexibility index (Phi) is 5.26. The fraction of sp³-hybridized carbons (Fsp3) is 0.333. The SMILES string of the molecule is Cc1ccc(OCC(=O)N2C[C@H](C(=O)O)[C@H](c3ccccc3)C2)cc1C. The topological polar surface area (TPSA) is 66.8 Å². The third-order valence-corrected chi connectivity index (χ3v) is 5.06. The van der Waals surface area contributed by atoms with Gasteiger partial charge < -0.3 is 14.7 Å². The number of carbonyl (C=O) groups is 2. The number of aliphatic carboxylic acids is 1. The van der Waals surface area contributed by atoms with Crippen LogP contribution in [0.5, 0.6) is 5.75 Å². The molecule has 0 unspecified atom stereocenters. The minimum atomic E-state index is -0.871. The predicted octanol–water partition coefficient (Wildman–Crippen LogP) is 3.01. The van der Waals surface area contributed by atoms with Crippen LogP contribution >= 0.6 is 0 Å². The van der Waals surface area contributed by atoms with Crippen molar-refractivity contribution in [2.45, 2.75) is 19.8 Å². The van der Waals surface area contributed by atoms with E-state index in [4.69, 9.17) is 4.74 Å². The number of carboxylic acids is 1. The highest BCUT2D eigenvalue weighted by Crippen LogP contribution is 2.33. The van der Waals surface area contributed by atoms with E-state index in [2.05, 4.69) is 0 Å². The summed E-state index contributed by atoms with van der Waals surface area (Å²) in [5.41, 5.74) is 3.22. The molecule has 5 nitrogen and oxygen atoms in total. The number of carboxylic acid groups (broad SMARTS) is 1. The lowest BCUT2D eigenvalue weighted by atomic mass is 9.89. The van der Waals surface area contributed by atoms with Crippen molar-refractivity contribution in [3.8, 4) is 5.75 Å². The van der Waals surface area contributed by atoms with Gasteiger partial charge >= 0.3 is 5.97 Å². The van der Waals surface area contributed by atoms with Crippen LogP contribution in [-0.2, 0) is 9.59 Å². The summed E-state index contributed by atoms with van der Waals surface area (Å²) in [7, 11) is 0. The highest BCUT2D eigenvalue weighted by molar-refractivity contribution is 5.80. The van der Waals surface area contributed by atoms with E-state index in [-0.39, 0.29) is 25.0 Å². The smallest absolute Gasteiger partial charge is 0.308 e. The third kappa shape index (κ3) is 3.87. The van der Waals surface area contributed by atoms with Crippen LogP contribution in [0.4, 0.5) is 0 Å². The summed E-state index contributed by atoms with van der Waals surface area (Å²) in [6.45, 7) is 4.53. The van der Waals surface area contributed by atoms with Gasteiger partial charge in [-0.05, 0) is 42.7 Å². The summed E-state index contributed by atoms with van der Waals surface area (Å²) in [6.07, 6.45) is 0. The van der Waals surface area contributed by atoms with Gasteiger partial charge in [-0.15, -0.1) is 0 Å². The average molecular weight is 353 g/mol. The largest absolute Gasteiger partial charge is 0.484 e. The van der Waals surface area contributed by atoms with Crippen LogP contribution in [-0.4, -0.2) is 41.6 Å². The minimum Gasteiger partial charge on any atom is -0.484 e. The monoisotopic (exact) mass is 353 g/mol. The molecule has 2 aromatic carbocycles. The van der Waals surface area contributed by atoms with E-state index >= 15 is 0 Å². The van der Waals surface area contributed by atoms with Crippen LogP contribution < -0.4 is 4.74 Å². The second-order valence-corrected chi connectivity index (χ2v) is 6.80. The van der Waals surface area contributed by atoms with Gasteiger partial charge in [-0.2, -0.15) is 0 Å². The Labute approximate surface area is 153 Å². The summed E-state index contributed by atoms with van der Waals surface area (Å²) < 4.78 is 5.61. The Hall–Kier alpha value is -2.82. The molecule has 3 rings (SSSR count). The zero-order valence-corrected chi connectivity index (χ0v) is 15.0. The van der Waals surface area contributed by atoms with Crippen molar-refractivity contribution >= 4 is 11.9 Å². The molecular formula is C21H23NO4. The summed E-state index contributed by atoms with van der Waals surface area (Å²) in [5, 5.41) is 9.54. The summed E-state index contributed by atoms with van der Waals surface area (Å²) in [5.74, 6) is -1.20. The fourth-order valence-electron chi connectivity index (χ4n) is 3.34. The second-order valence-electron chi connectivity index (χ2n) is 6.80. The number of ether oxygens (including phenoxy) is 1. The number of carbonyl (C=O) groups excluding carboxylic acids is 1. The molecule has 1 heterocycles. The third-order valence-electron chi connectivity index (χ3n) is 5.06. The zero-order chi connectivity index (χ0) is 18.7. The van der Waals surface area contributed by atoms with Gasteiger partial charge in [-0.1, -0.05) is 36.4 Å². The van der Waals surface area contributed by atoms with Gasteiger partial charge in [-0.25, -0.2) is 0 Å². The fourth-order valence-corrected chi connectivity index (χ4v) is 3.34. The first-order chi connectivity index (χ1) is 12.5. The molecule has 0 bridgehead atoms. The molecule has 0 aliphatic carbocycles. The summed E-state index contributed by atoms with van der Waals surface area (Å²) in [4.78, 5) is 25.8. The highest BCUT2D eigenvalue weighted by Gasteiger charge is 2.40. The van der Waals surface area contributed by atoms with Crippen LogP contribution in [0.1, 0.15) is 22.6 Å². The van der Waals surface area contributed by atoms with E-state index in [1.165, 1.54) is 5.56 Å². The number of rotatable bonds is 5. The highest BCUT2D eigenvalue weighted by atomic mass is 16.5. The number of aryl methyl sites for hydroxylation is 2. The maximum absolute atomic E-state index is 12.5. The molecule has 1 saturated heterocycles. The molecule has 5 heteroatoms. The van der Waals surface area contributed by atoms with Gasteiger partial charge in [0.1, 0.15) is 5.75 Å². The Morgan fingerprint density at radius 2 is 1.81 bits per heavy atom. The molecule has 0 saturated carbocycles. The van der Waals surface area contributed by atoms with Gasteiger partial charge in [0, 0.05) is 19.0 Å². The molecule has 0 spiro atoms. The lowest BCUT2D eigenvalue weighted by Gasteiger charge is -2.17. The normalized spacial score (nSPS) is 19.4. The molecular weight excluding hydrogens is 330 g/mol. The van der Waals surface area contributed by atoms with Gasteiger partial charge in [0.2, 0.25) is 0 Å². The van der Waals surface area contributed by atoms with E-state index in [9.17, 15) is 14.7 Å². The van der Waals surface area contributed by atoms with Gasteiger partial charge in [-0.3, -0.25) is 9.59 Å². The van der Waals surface area contributed by atoms with Gasteiger partial charge in [0.05, 0.1) is 5.92 Å². The maximum Gasteiger partial charge on any atom is 0.308 e. The zero-order valence-electron chi connectivity index (χ0n) is 15.0. The van der Waals surface area contributed by atoms with Crippen molar-refractivity contribution in [3.63, 3.8) is 0 Å². The first-order valence-electron chi connectivity index (χ1n) is 8.71. The number of nitrogens with zero attached hydrogens (tertiary/aromatic N) is 1. The predicted molar refractivity (Wildman–Crippen MR) is 98.3 cm³/mol. The standard InChI is InChI=1S/C21H23NO4/c1-14-8-9-17(10-15(14)2)26-13-20(23)22-11-18(19(12-22)21(24)25)16-6-4-3-5-7-16/h3-10,18-19H,11-13H2,1-2H3,(H,24,25)/t18-,19-/m0/s1. The van der Waals surface area contributed by atoms with Gasteiger partial charge in [0.15, 0.2) is 6.61 Å². The summed E-state index contributed by atoms with van der Waals surface area (Å²) >= 11 is 0. The molecule has 0 radical (unpaired) electrons. The van der Waals surface area contributed by atoms with Crippen molar-refractivity contribution in [1.82, 2.24) is 4.90 Å². The average Bonchev–Trinajstić information content (AvgIpc) is 3.09. The number of amides is 1. The molecule has 1 aliphatic heterocycles. The first-order valence-corrected chi connectivity index (χ1v) is 8.71. The Bertz CT molecular complexity index is 803. The quantitative estimate of drug-likeness (QED) is 0.897. The Morgan fingerprint density at radius 1 is 1.08 bits per heavy atom. The van der Waals surface area contributed by atoms with Crippen molar-refractivity contribution in [2.75, 3.05) is 19.7 Å². The van der Waals surface area contributed by atoms with Gasteiger partial charge in [0.25, 0.3) is 5.91 Å². The van der Waals surface area contributed by atoms with Crippen molar-refractivity contribution in [1.29, 1.82) is 0 Å². The molecule has 2 aromatic rings. The first kappa shape index (κ1) is 18.0. The Balaban J connectivity index is 1.66. The number of hydrogen-bond donors (Lipinski definition) is 1. The van der Waals surface area contributed by atoms with Crippen LogP contribution in [0.25, 0.3) is 0 Å². The van der Waals surface area contributed by atoms with Crippen LogP contribution in [0.15, 0.2) is 48.5 Å². The van der Waals surface area contributed by atoms with Crippen LogP contribution in [0, 0.1) is 19.8 Å². The molecule has 1 fully saturated rings.